The number of piperazine rings is 1. The Bertz CT molecular complexity index is 923. The molecule has 29 heavy (non-hydrogen) atoms. The molecule has 7 heteroatoms. The second-order valence-electron chi connectivity index (χ2n) is 6.53. The van der Waals surface area contributed by atoms with Crippen LogP contribution in [0.15, 0.2) is 57.0 Å². The number of hydrogen-bond donors (Lipinski definition) is 0. The fraction of sp³-hybridized carbons (Fsp3) is 0.273. The van der Waals surface area contributed by atoms with Gasteiger partial charge in [-0.05, 0) is 74.7 Å². The molecule has 1 aliphatic rings. The summed E-state index contributed by atoms with van der Waals surface area (Å²) in [6.45, 7) is 5.12. The summed E-state index contributed by atoms with van der Waals surface area (Å²) < 4.78 is 7.11. The normalized spacial score (nSPS) is 14.5. The fourth-order valence-corrected chi connectivity index (χ4v) is 4.68. The van der Waals surface area contributed by atoms with Gasteiger partial charge in [0.25, 0.3) is 5.91 Å². The Kier molecular flexibility index (Phi) is 7.34. The van der Waals surface area contributed by atoms with E-state index in [0.29, 0.717) is 25.4 Å². The molecule has 0 atom stereocenters. The molecule has 1 fully saturated rings. The van der Waals surface area contributed by atoms with Crippen LogP contribution in [0.4, 0.5) is 5.69 Å². The summed E-state index contributed by atoms with van der Waals surface area (Å²) in [5.74, 6) is 0.466. The van der Waals surface area contributed by atoms with Crippen molar-refractivity contribution in [2.24, 2.45) is 0 Å². The standard InChI is InChI=1S/C22H21Br2N3O2/c1-2-29-21-19(23)13-16(14-20(21)24)12-17(15-25)22(28)27-10-8-26(9-11-27)18-6-4-3-5-7-18/h3-7,12-14H,2,8-11H2,1H3/b17-12-. The van der Waals surface area contributed by atoms with Gasteiger partial charge in [0.15, 0.2) is 0 Å². The fourth-order valence-electron chi connectivity index (χ4n) is 3.23. The molecule has 2 aromatic rings. The number of hydrogen-bond acceptors (Lipinski definition) is 4. The van der Waals surface area contributed by atoms with E-state index in [0.717, 1.165) is 33.3 Å². The molecule has 0 unspecified atom stereocenters. The van der Waals surface area contributed by atoms with Crippen LogP contribution < -0.4 is 9.64 Å². The molecule has 1 saturated heterocycles. The van der Waals surface area contributed by atoms with Crippen molar-refractivity contribution in [3.05, 3.63) is 62.5 Å². The van der Waals surface area contributed by atoms with Crippen molar-refractivity contribution < 1.29 is 9.53 Å². The molecule has 0 aliphatic carbocycles. The molecular weight excluding hydrogens is 498 g/mol. The summed E-state index contributed by atoms with van der Waals surface area (Å²) >= 11 is 6.97. The first-order chi connectivity index (χ1) is 14.0. The number of ether oxygens (including phenoxy) is 1. The van der Waals surface area contributed by atoms with Gasteiger partial charge in [0.1, 0.15) is 17.4 Å². The number of carbonyl (C=O) groups is 1. The molecule has 2 aromatic carbocycles. The van der Waals surface area contributed by atoms with Crippen LogP contribution in [0.5, 0.6) is 5.75 Å². The number of rotatable bonds is 5. The average molecular weight is 519 g/mol. The molecule has 0 radical (unpaired) electrons. The van der Waals surface area contributed by atoms with Gasteiger partial charge in [0, 0.05) is 31.9 Å². The zero-order chi connectivity index (χ0) is 20.8. The maximum Gasteiger partial charge on any atom is 0.264 e. The van der Waals surface area contributed by atoms with E-state index in [1.807, 2.05) is 37.3 Å². The molecule has 1 aliphatic heterocycles. The minimum Gasteiger partial charge on any atom is -0.492 e. The Morgan fingerprint density at radius 3 is 2.31 bits per heavy atom. The minimum atomic E-state index is -0.235. The van der Waals surface area contributed by atoms with Crippen LogP contribution in [0.25, 0.3) is 6.08 Å². The molecule has 0 aromatic heterocycles. The largest absolute Gasteiger partial charge is 0.492 e. The smallest absolute Gasteiger partial charge is 0.264 e. The van der Waals surface area contributed by atoms with Crippen LogP contribution in [0.1, 0.15) is 12.5 Å². The molecule has 0 N–H and O–H groups in total. The first-order valence-electron chi connectivity index (χ1n) is 9.36. The van der Waals surface area contributed by atoms with E-state index >= 15 is 0 Å². The van der Waals surface area contributed by atoms with Crippen LogP contribution in [-0.4, -0.2) is 43.6 Å². The third-order valence-electron chi connectivity index (χ3n) is 4.66. The monoisotopic (exact) mass is 517 g/mol. The molecule has 0 bridgehead atoms. The number of amides is 1. The van der Waals surface area contributed by atoms with Gasteiger partial charge in [-0.3, -0.25) is 4.79 Å². The van der Waals surface area contributed by atoms with Crippen LogP contribution in [0, 0.1) is 11.3 Å². The summed E-state index contributed by atoms with van der Waals surface area (Å²) in [6.07, 6.45) is 1.62. The highest BCUT2D eigenvalue weighted by atomic mass is 79.9. The summed E-state index contributed by atoms with van der Waals surface area (Å²) in [7, 11) is 0. The SMILES string of the molecule is CCOc1c(Br)cc(/C=C(/C#N)C(=O)N2CCN(c3ccccc3)CC2)cc1Br. The maximum atomic E-state index is 12.9. The molecule has 5 nitrogen and oxygen atoms in total. The van der Waals surface area contributed by atoms with Gasteiger partial charge < -0.3 is 14.5 Å². The average Bonchev–Trinajstić information content (AvgIpc) is 2.75. The van der Waals surface area contributed by atoms with Gasteiger partial charge in [-0.25, -0.2) is 0 Å². The first-order valence-corrected chi connectivity index (χ1v) is 10.9. The lowest BCUT2D eigenvalue weighted by molar-refractivity contribution is -0.126. The van der Waals surface area contributed by atoms with E-state index in [1.165, 1.54) is 0 Å². The topological polar surface area (TPSA) is 56.6 Å². The summed E-state index contributed by atoms with van der Waals surface area (Å²) in [4.78, 5) is 16.9. The maximum absolute atomic E-state index is 12.9. The lowest BCUT2D eigenvalue weighted by Gasteiger charge is -2.36. The van der Waals surface area contributed by atoms with Gasteiger partial charge in [-0.15, -0.1) is 0 Å². The van der Waals surface area contributed by atoms with E-state index in [1.54, 1.807) is 11.0 Å². The third-order valence-corrected chi connectivity index (χ3v) is 5.84. The van der Waals surface area contributed by atoms with E-state index in [4.69, 9.17) is 4.74 Å². The summed E-state index contributed by atoms with van der Waals surface area (Å²) in [5, 5.41) is 9.57. The molecule has 1 amide bonds. The molecule has 1 heterocycles. The Balaban J connectivity index is 1.72. The molecule has 0 saturated carbocycles. The van der Waals surface area contributed by atoms with Gasteiger partial charge in [-0.2, -0.15) is 5.26 Å². The molecule has 150 valence electrons. The predicted octanol–water partition coefficient (Wildman–Crippen LogP) is 4.87. The van der Waals surface area contributed by atoms with Gasteiger partial charge >= 0.3 is 0 Å². The zero-order valence-electron chi connectivity index (χ0n) is 16.1. The number of carbonyl (C=O) groups excluding carboxylic acids is 1. The Morgan fingerprint density at radius 2 is 1.76 bits per heavy atom. The highest BCUT2D eigenvalue weighted by Gasteiger charge is 2.24. The van der Waals surface area contributed by atoms with E-state index in [2.05, 4.69) is 55.0 Å². The van der Waals surface area contributed by atoms with Gasteiger partial charge in [0.2, 0.25) is 0 Å². The van der Waals surface area contributed by atoms with Crippen LogP contribution in [-0.2, 0) is 4.79 Å². The van der Waals surface area contributed by atoms with Crippen molar-refractivity contribution >= 4 is 49.5 Å². The van der Waals surface area contributed by atoms with Crippen LogP contribution in [0.3, 0.4) is 0 Å². The molecule has 3 rings (SSSR count). The Hall–Kier alpha value is -2.30. The molecule has 0 spiro atoms. The number of benzene rings is 2. The zero-order valence-corrected chi connectivity index (χ0v) is 19.2. The molecular formula is C22H21Br2N3O2. The van der Waals surface area contributed by atoms with Crippen LogP contribution >= 0.6 is 31.9 Å². The van der Waals surface area contributed by atoms with Crippen molar-refractivity contribution in [1.82, 2.24) is 4.90 Å². The summed E-state index contributed by atoms with van der Waals surface area (Å²) in [5.41, 5.74) is 2.03. The highest BCUT2D eigenvalue weighted by Crippen LogP contribution is 2.35. The van der Waals surface area contributed by atoms with E-state index in [9.17, 15) is 10.1 Å². The summed E-state index contributed by atoms with van der Waals surface area (Å²) in [6, 6.07) is 15.9. The lowest BCUT2D eigenvalue weighted by atomic mass is 10.1. The minimum absolute atomic E-state index is 0.126. The van der Waals surface area contributed by atoms with Crippen molar-refractivity contribution in [1.29, 1.82) is 5.26 Å². The van der Waals surface area contributed by atoms with Gasteiger partial charge in [0.05, 0.1) is 15.6 Å². The quantitative estimate of drug-likeness (QED) is 0.418. The van der Waals surface area contributed by atoms with Crippen molar-refractivity contribution in [2.45, 2.75) is 6.92 Å². The first kappa shape index (κ1) is 21.4. The van der Waals surface area contributed by atoms with Crippen molar-refractivity contribution in [3.63, 3.8) is 0 Å². The second kappa shape index (κ2) is 9.95. The third kappa shape index (κ3) is 5.20. The van der Waals surface area contributed by atoms with Crippen molar-refractivity contribution in [2.75, 3.05) is 37.7 Å². The number of anilines is 1. The number of nitrogens with zero attached hydrogens (tertiary/aromatic N) is 3. The second-order valence-corrected chi connectivity index (χ2v) is 8.24. The van der Waals surface area contributed by atoms with Gasteiger partial charge in [-0.1, -0.05) is 18.2 Å². The van der Waals surface area contributed by atoms with Crippen molar-refractivity contribution in [3.8, 4) is 11.8 Å². The van der Waals surface area contributed by atoms with E-state index < -0.39 is 0 Å². The highest BCUT2D eigenvalue weighted by molar-refractivity contribution is 9.11. The Labute approximate surface area is 187 Å². The predicted molar refractivity (Wildman–Crippen MR) is 122 cm³/mol. The van der Waals surface area contributed by atoms with Crippen LogP contribution in [0.2, 0.25) is 0 Å². The number of para-hydroxylation sites is 1. The Morgan fingerprint density at radius 1 is 1.14 bits per heavy atom. The lowest BCUT2D eigenvalue weighted by Crippen LogP contribution is -2.49. The number of halogens is 2. The number of nitriles is 1. The van der Waals surface area contributed by atoms with E-state index in [-0.39, 0.29) is 11.5 Å².